The van der Waals surface area contributed by atoms with Gasteiger partial charge in [-0.05, 0) is 43.7 Å². The molecule has 1 fully saturated rings. The molecule has 0 bridgehead atoms. The molecule has 0 radical (unpaired) electrons. The van der Waals surface area contributed by atoms with E-state index in [0.29, 0.717) is 17.5 Å². The zero-order valence-corrected chi connectivity index (χ0v) is 13.5. The number of benzene rings is 1. The van der Waals surface area contributed by atoms with Crippen molar-refractivity contribution in [2.45, 2.75) is 45.6 Å². The molecule has 0 aliphatic heterocycles. The van der Waals surface area contributed by atoms with Crippen molar-refractivity contribution < 1.29 is 9.53 Å². The van der Waals surface area contributed by atoms with Crippen LogP contribution in [0.4, 0.5) is 5.69 Å². The van der Waals surface area contributed by atoms with Crippen LogP contribution in [0.15, 0.2) is 24.3 Å². The Bertz CT molecular complexity index is 470. The van der Waals surface area contributed by atoms with Gasteiger partial charge in [-0.25, -0.2) is 4.79 Å². The summed E-state index contributed by atoms with van der Waals surface area (Å²) >= 11 is 6.20. The van der Waals surface area contributed by atoms with Gasteiger partial charge in [0.2, 0.25) is 0 Å². The standard InChI is InChI=1S/C17H24ClNO2/c1-3-21-17(20)16(13-10-8-12(2)9-11-13)19-15-7-5-4-6-14(15)18/h4-7,12-13,16,19H,3,8-11H2,1-2H3. The predicted octanol–water partition coefficient (Wildman–Crippen LogP) is 4.51. The smallest absolute Gasteiger partial charge is 0.328 e. The Morgan fingerprint density at radius 1 is 1.33 bits per heavy atom. The number of carbonyl (C=O) groups is 1. The van der Waals surface area contributed by atoms with Crippen molar-refractivity contribution >= 4 is 23.3 Å². The maximum absolute atomic E-state index is 12.3. The van der Waals surface area contributed by atoms with E-state index in [4.69, 9.17) is 16.3 Å². The molecule has 1 aliphatic rings. The van der Waals surface area contributed by atoms with Gasteiger partial charge in [0.15, 0.2) is 0 Å². The molecule has 1 saturated carbocycles. The van der Waals surface area contributed by atoms with Crippen LogP contribution in [0.5, 0.6) is 0 Å². The van der Waals surface area contributed by atoms with Crippen molar-refractivity contribution in [1.29, 1.82) is 0 Å². The molecule has 0 spiro atoms. The Morgan fingerprint density at radius 2 is 2.00 bits per heavy atom. The zero-order chi connectivity index (χ0) is 15.2. The maximum Gasteiger partial charge on any atom is 0.328 e. The fraction of sp³-hybridized carbons (Fsp3) is 0.588. The van der Waals surface area contributed by atoms with Crippen LogP contribution >= 0.6 is 11.6 Å². The van der Waals surface area contributed by atoms with Crippen molar-refractivity contribution in [3.63, 3.8) is 0 Å². The van der Waals surface area contributed by atoms with E-state index in [1.807, 2.05) is 31.2 Å². The Hall–Kier alpha value is -1.22. The van der Waals surface area contributed by atoms with Crippen molar-refractivity contribution in [3.8, 4) is 0 Å². The van der Waals surface area contributed by atoms with E-state index in [-0.39, 0.29) is 12.0 Å². The zero-order valence-electron chi connectivity index (χ0n) is 12.8. The van der Waals surface area contributed by atoms with Crippen LogP contribution in [0.1, 0.15) is 39.5 Å². The SMILES string of the molecule is CCOC(=O)C(Nc1ccccc1Cl)C1CCC(C)CC1. The van der Waals surface area contributed by atoms with E-state index in [9.17, 15) is 4.79 Å². The predicted molar refractivity (Wildman–Crippen MR) is 86.6 cm³/mol. The van der Waals surface area contributed by atoms with Crippen molar-refractivity contribution in [1.82, 2.24) is 0 Å². The lowest BCUT2D eigenvalue weighted by atomic mass is 9.79. The van der Waals surface area contributed by atoms with Crippen molar-refractivity contribution in [2.75, 3.05) is 11.9 Å². The van der Waals surface area contributed by atoms with Crippen LogP contribution in [0.2, 0.25) is 5.02 Å². The topological polar surface area (TPSA) is 38.3 Å². The van der Waals surface area contributed by atoms with Crippen LogP contribution in [0, 0.1) is 11.8 Å². The summed E-state index contributed by atoms with van der Waals surface area (Å²) in [5, 5.41) is 3.95. The number of hydrogen-bond acceptors (Lipinski definition) is 3. The van der Waals surface area contributed by atoms with E-state index in [0.717, 1.165) is 24.4 Å². The van der Waals surface area contributed by atoms with Crippen LogP contribution < -0.4 is 5.32 Å². The second-order valence-corrected chi connectivity index (χ2v) is 6.28. The number of carbonyl (C=O) groups excluding carboxylic acids is 1. The molecule has 1 unspecified atom stereocenters. The van der Waals surface area contributed by atoms with Gasteiger partial charge in [0, 0.05) is 0 Å². The van der Waals surface area contributed by atoms with Gasteiger partial charge in [-0.15, -0.1) is 0 Å². The Morgan fingerprint density at radius 3 is 2.62 bits per heavy atom. The summed E-state index contributed by atoms with van der Waals surface area (Å²) in [6.45, 7) is 4.52. The summed E-state index contributed by atoms with van der Waals surface area (Å²) in [4.78, 5) is 12.3. The number of rotatable bonds is 5. The lowest BCUT2D eigenvalue weighted by Crippen LogP contribution is -2.40. The minimum absolute atomic E-state index is 0.169. The Labute approximate surface area is 132 Å². The normalized spacial score (nSPS) is 23.4. The minimum atomic E-state index is -0.308. The number of hydrogen-bond donors (Lipinski definition) is 1. The van der Waals surface area contributed by atoms with Gasteiger partial charge in [-0.3, -0.25) is 0 Å². The highest BCUT2D eigenvalue weighted by Gasteiger charge is 2.32. The molecular formula is C17H24ClNO2. The average molecular weight is 310 g/mol. The number of nitrogens with one attached hydrogen (secondary N) is 1. The summed E-state index contributed by atoms with van der Waals surface area (Å²) in [6, 6.07) is 7.22. The molecule has 1 aliphatic carbocycles. The van der Waals surface area contributed by atoms with Crippen LogP contribution in [0.3, 0.4) is 0 Å². The quantitative estimate of drug-likeness (QED) is 0.813. The first-order valence-corrected chi connectivity index (χ1v) is 8.17. The van der Waals surface area contributed by atoms with Gasteiger partial charge in [0.05, 0.1) is 17.3 Å². The van der Waals surface area contributed by atoms with Crippen LogP contribution in [-0.2, 0) is 9.53 Å². The third kappa shape index (κ3) is 4.37. The molecule has 3 nitrogen and oxygen atoms in total. The molecule has 21 heavy (non-hydrogen) atoms. The van der Waals surface area contributed by atoms with E-state index in [2.05, 4.69) is 12.2 Å². The molecule has 1 N–H and O–H groups in total. The highest BCUT2D eigenvalue weighted by molar-refractivity contribution is 6.33. The highest BCUT2D eigenvalue weighted by Crippen LogP contribution is 2.33. The number of para-hydroxylation sites is 1. The van der Waals surface area contributed by atoms with Gasteiger partial charge in [-0.2, -0.15) is 0 Å². The van der Waals surface area contributed by atoms with E-state index in [1.54, 1.807) is 0 Å². The van der Waals surface area contributed by atoms with Gasteiger partial charge in [0.1, 0.15) is 6.04 Å². The van der Waals surface area contributed by atoms with E-state index < -0.39 is 0 Å². The third-order valence-electron chi connectivity index (χ3n) is 4.26. The molecular weight excluding hydrogens is 286 g/mol. The minimum Gasteiger partial charge on any atom is -0.464 e. The maximum atomic E-state index is 12.3. The summed E-state index contributed by atoms with van der Waals surface area (Å²) in [5.41, 5.74) is 0.802. The first-order chi connectivity index (χ1) is 10.1. The molecule has 1 aromatic carbocycles. The first-order valence-electron chi connectivity index (χ1n) is 7.79. The summed E-state index contributed by atoms with van der Waals surface area (Å²) in [7, 11) is 0. The number of esters is 1. The number of halogens is 1. The average Bonchev–Trinajstić information content (AvgIpc) is 2.48. The van der Waals surface area contributed by atoms with E-state index in [1.165, 1.54) is 12.8 Å². The fourth-order valence-electron chi connectivity index (χ4n) is 2.97. The second-order valence-electron chi connectivity index (χ2n) is 5.87. The number of ether oxygens (including phenoxy) is 1. The lowest BCUT2D eigenvalue weighted by molar-refractivity contribution is -0.145. The van der Waals surface area contributed by atoms with Crippen molar-refractivity contribution in [3.05, 3.63) is 29.3 Å². The largest absolute Gasteiger partial charge is 0.464 e. The summed E-state index contributed by atoms with van der Waals surface area (Å²) < 4.78 is 5.25. The molecule has 4 heteroatoms. The Balaban J connectivity index is 2.12. The number of anilines is 1. The first kappa shape index (κ1) is 16.2. The lowest BCUT2D eigenvalue weighted by Gasteiger charge is -2.32. The summed E-state index contributed by atoms with van der Waals surface area (Å²) in [6.07, 6.45) is 4.46. The van der Waals surface area contributed by atoms with Crippen molar-refractivity contribution in [2.24, 2.45) is 11.8 Å². The van der Waals surface area contributed by atoms with Gasteiger partial charge in [0.25, 0.3) is 0 Å². The third-order valence-corrected chi connectivity index (χ3v) is 4.59. The molecule has 2 rings (SSSR count). The fourth-order valence-corrected chi connectivity index (χ4v) is 3.16. The van der Waals surface area contributed by atoms with Crippen LogP contribution in [0.25, 0.3) is 0 Å². The molecule has 1 atom stereocenters. The molecule has 0 heterocycles. The Kier molecular flexibility index (Phi) is 5.92. The monoisotopic (exact) mass is 309 g/mol. The van der Waals surface area contributed by atoms with Gasteiger partial charge in [-0.1, -0.05) is 43.5 Å². The second kappa shape index (κ2) is 7.69. The molecule has 1 aromatic rings. The van der Waals surface area contributed by atoms with Gasteiger partial charge < -0.3 is 10.1 Å². The van der Waals surface area contributed by atoms with Crippen LogP contribution in [-0.4, -0.2) is 18.6 Å². The molecule has 0 aromatic heterocycles. The highest BCUT2D eigenvalue weighted by atomic mass is 35.5. The molecule has 116 valence electrons. The summed E-state index contributed by atoms with van der Waals surface area (Å²) in [5.74, 6) is 0.901. The van der Waals surface area contributed by atoms with Gasteiger partial charge >= 0.3 is 5.97 Å². The molecule has 0 amide bonds. The van der Waals surface area contributed by atoms with E-state index >= 15 is 0 Å². The molecule has 0 saturated heterocycles.